The monoisotopic (exact) mass is 351 g/mol. The van der Waals surface area contributed by atoms with Crippen molar-refractivity contribution in [3.05, 3.63) is 45.5 Å². The van der Waals surface area contributed by atoms with Crippen LogP contribution in [-0.4, -0.2) is 19.7 Å². The van der Waals surface area contributed by atoms with Crippen molar-refractivity contribution in [2.75, 3.05) is 6.26 Å². The van der Waals surface area contributed by atoms with Gasteiger partial charge in [-0.15, -0.1) is 0 Å². The molecule has 0 aliphatic carbocycles. The summed E-state index contributed by atoms with van der Waals surface area (Å²) < 4.78 is 28.4. The van der Waals surface area contributed by atoms with Gasteiger partial charge in [-0.05, 0) is 24.3 Å². The van der Waals surface area contributed by atoms with Crippen LogP contribution in [0.1, 0.15) is 0 Å². The van der Waals surface area contributed by atoms with Crippen LogP contribution >= 0.6 is 34.8 Å². The van der Waals surface area contributed by atoms with Crippen molar-refractivity contribution in [1.29, 1.82) is 0 Å². The first-order valence-corrected chi connectivity index (χ1v) is 8.29. The lowest BCUT2D eigenvalue weighted by Gasteiger charge is -2.08. The van der Waals surface area contributed by atoms with Gasteiger partial charge in [-0.25, -0.2) is 8.42 Å². The number of aromatic nitrogens is 1. The highest BCUT2D eigenvalue weighted by Gasteiger charge is 2.12. The van der Waals surface area contributed by atoms with Gasteiger partial charge in [-0.2, -0.15) is 4.98 Å². The van der Waals surface area contributed by atoms with Gasteiger partial charge in [-0.3, -0.25) is 0 Å². The number of rotatable bonds is 3. The van der Waals surface area contributed by atoms with Gasteiger partial charge in [0.2, 0.25) is 5.88 Å². The Hall–Kier alpha value is -1.01. The third-order valence-corrected chi connectivity index (χ3v) is 4.36. The zero-order valence-corrected chi connectivity index (χ0v) is 13.2. The van der Waals surface area contributed by atoms with E-state index < -0.39 is 9.84 Å². The van der Waals surface area contributed by atoms with Crippen LogP contribution in [0.15, 0.2) is 35.2 Å². The molecule has 2 aromatic rings. The zero-order valence-electron chi connectivity index (χ0n) is 10.1. The smallest absolute Gasteiger partial charge is 0.239 e. The number of halogens is 3. The van der Waals surface area contributed by atoms with Gasteiger partial charge in [0.05, 0.1) is 9.92 Å². The van der Waals surface area contributed by atoms with Gasteiger partial charge in [-0.1, -0.05) is 40.9 Å². The first-order chi connectivity index (χ1) is 9.27. The van der Waals surface area contributed by atoms with Crippen LogP contribution in [0.2, 0.25) is 15.2 Å². The molecule has 1 aromatic heterocycles. The maximum absolute atomic E-state index is 11.5. The largest absolute Gasteiger partial charge is 0.437 e. The zero-order chi connectivity index (χ0) is 14.9. The molecule has 0 saturated heterocycles. The Kier molecular flexibility index (Phi) is 4.44. The molecule has 1 heterocycles. The van der Waals surface area contributed by atoms with Gasteiger partial charge in [0.15, 0.2) is 15.0 Å². The van der Waals surface area contributed by atoms with E-state index in [4.69, 9.17) is 39.5 Å². The van der Waals surface area contributed by atoms with Gasteiger partial charge in [0.1, 0.15) is 10.8 Å². The van der Waals surface area contributed by atoms with E-state index in [0.29, 0.717) is 0 Å². The number of pyridine rings is 1. The predicted octanol–water partition coefficient (Wildman–Crippen LogP) is 4.24. The SMILES string of the molecule is CS(=O)(=O)c1cccc(Oc2nc(Cl)c(Cl)cc2Cl)c1. The molecule has 0 aliphatic heterocycles. The van der Waals surface area contributed by atoms with E-state index >= 15 is 0 Å². The molecule has 0 bridgehead atoms. The summed E-state index contributed by atoms with van der Waals surface area (Å²) in [5.74, 6) is 0.326. The molecule has 8 heteroatoms. The average molecular weight is 353 g/mol. The average Bonchev–Trinajstić information content (AvgIpc) is 2.35. The number of hydrogen-bond donors (Lipinski definition) is 0. The Morgan fingerprint density at radius 2 is 1.80 bits per heavy atom. The first-order valence-electron chi connectivity index (χ1n) is 5.27. The van der Waals surface area contributed by atoms with Gasteiger partial charge in [0.25, 0.3) is 0 Å². The summed E-state index contributed by atoms with van der Waals surface area (Å²) in [6.45, 7) is 0. The van der Waals surface area contributed by atoms with E-state index in [1.807, 2.05) is 0 Å². The fraction of sp³-hybridized carbons (Fsp3) is 0.0833. The summed E-state index contributed by atoms with van der Waals surface area (Å²) in [6, 6.07) is 7.36. The van der Waals surface area contributed by atoms with Gasteiger partial charge in [0, 0.05) is 6.26 Å². The lowest BCUT2D eigenvalue weighted by molar-refractivity contribution is 0.461. The quantitative estimate of drug-likeness (QED) is 0.775. The number of benzene rings is 1. The van der Waals surface area contributed by atoms with E-state index in [2.05, 4.69) is 4.98 Å². The molecule has 1 aromatic carbocycles. The predicted molar refractivity (Wildman–Crippen MR) is 78.9 cm³/mol. The Balaban J connectivity index is 2.38. The normalized spacial score (nSPS) is 11.4. The number of ether oxygens (including phenoxy) is 1. The van der Waals surface area contributed by atoms with E-state index in [9.17, 15) is 8.42 Å². The second kappa shape index (κ2) is 5.77. The Bertz CT molecular complexity index is 763. The van der Waals surface area contributed by atoms with Crippen molar-refractivity contribution in [3.63, 3.8) is 0 Å². The van der Waals surface area contributed by atoms with Gasteiger partial charge < -0.3 is 4.74 Å². The number of sulfone groups is 1. The molecule has 0 aliphatic rings. The Morgan fingerprint density at radius 1 is 1.10 bits per heavy atom. The lowest BCUT2D eigenvalue weighted by Crippen LogP contribution is -1.97. The molecule has 0 spiro atoms. The third-order valence-electron chi connectivity index (χ3n) is 2.30. The third kappa shape index (κ3) is 3.55. The van der Waals surface area contributed by atoms with Gasteiger partial charge >= 0.3 is 0 Å². The molecule has 0 atom stereocenters. The molecule has 20 heavy (non-hydrogen) atoms. The molecule has 0 radical (unpaired) electrons. The minimum Gasteiger partial charge on any atom is -0.437 e. The molecule has 0 amide bonds. The molecule has 106 valence electrons. The summed E-state index contributed by atoms with van der Waals surface area (Å²) in [5.41, 5.74) is 0. The van der Waals surface area contributed by atoms with Crippen LogP contribution < -0.4 is 4.74 Å². The summed E-state index contributed by atoms with van der Waals surface area (Å²) in [5, 5.41) is 0.420. The van der Waals surface area contributed by atoms with Crippen LogP contribution in [-0.2, 0) is 9.84 Å². The van der Waals surface area contributed by atoms with E-state index in [0.717, 1.165) is 6.26 Å². The molecule has 0 saturated carbocycles. The highest BCUT2D eigenvalue weighted by Crippen LogP contribution is 2.33. The van der Waals surface area contributed by atoms with E-state index in [-0.39, 0.29) is 31.7 Å². The minimum absolute atomic E-state index is 0.0466. The topological polar surface area (TPSA) is 56.3 Å². The number of nitrogens with zero attached hydrogens (tertiary/aromatic N) is 1. The van der Waals surface area contributed by atoms with Crippen molar-refractivity contribution in [2.24, 2.45) is 0 Å². The molecular weight excluding hydrogens is 345 g/mol. The highest BCUT2D eigenvalue weighted by atomic mass is 35.5. The number of hydrogen-bond acceptors (Lipinski definition) is 4. The standard InChI is InChI=1S/C12H8Cl3NO3S/c1-20(17,18)8-4-2-3-7(5-8)19-12-10(14)6-9(13)11(15)16-12/h2-6H,1H3. The molecule has 0 N–H and O–H groups in total. The van der Waals surface area contributed by atoms with Crippen molar-refractivity contribution < 1.29 is 13.2 Å². The van der Waals surface area contributed by atoms with Crippen LogP contribution in [0.3, 0.4) is 0 Å². The molecule has 0 unspecified atom stereocenters. The summed E-state index contributed by atoms with van der Waals surface area (Å²) in [4.78, 5) is 4.02. The van der Waals surface area contributed by atoms with Crippen LogP contribution in [0.25, 0.3) is 0 Å². The maximum Gasteiger partial charge on any atom is 0.239 e. The van der Waals surface area contributed by atoms with Crippen molar-refractivity contribution in [1.82, 2.24) is 4.98 Å². The maximum atomic E-state index is 11.5. The van der Waals surface area contributed by atoms with E-state index in [1.54, 1.807) is 12.1 Å². The Labute approximate surface area is 131 Å². The van der Waals surface area contributed by atoms with Crippen LogP contribution in [0, 0.1) is 0 Å². The fourth-order valence-corrected chi connectivity index (χ4v) is 2.56. The fourth-order valence-electron chi connectivity index (χ4n) is 1.38. The second-order valence-corrected chi connectivity index (χ2v) is 7.09. The lowest BCUT2D eigenvalue weighted by atomic mass is 10.3. The molecular formula is C12H8Cl3NO3S. The molecule has 2 rings (SSSR count). The molecule has 0 fully saturated rings. The summed E-state index contributed by atoms with van der Waals surface area (Å²) in [6.07, 6.45) is 1.11. The highest BCUT2D eigenvalue weighted by molar-refractivity contribution is 7.90. The van der Waals surface area contributed by atoms with Crippen molar-refractivity contribution >= 4 is 44.6 Å². The Morgan fingerprint density at radius 3 is 2.45 bits per heavy atom. The van der Waals surface area contributed by atoms with E-state index in [1.165, 1.54) is 18.2 Å². The van der Waals surface area contributed by atoms with Crippen molar-refractivity contribution in [2.45, 2.75) is 4.90 Å². The van der Waals surface area contributed by atoms with Crippen molar-refractivity contribution in [3.8, 4) is 11.6 Å². The first kappa shape index (κ1) is 15.4. The summed E-state index contributed by atoms with van der Waals surface area (Å²) >= 11 is 17.5. The van der Waals surface area contributed by atoms with Crippen LogP contribution in [0.5, 0.6) is 11.6 Å². The second-order valence-electron chi connectivity index (χ2n) is 3.90. The molecule has 4 nitrogen and oxygen atoms in total. The minimum atomic E-state index is -3.32. The van der Waals surface area contributed by atoms with Crippen LogP contribution in [0.4, 0.5) is 0 Å². The summed E-state index contributed by atoms with van der Waals surface area (Å²) in [7, 11) is -3.32.